The maximum Gasteiger partial charge on any atom is 0.335 e. The molecule has 4 unspecified atom stereocenters. The van der Waals surface area contributed by atoms with Crippen LogP contribution in [-0.2, 0) is 0 Å². The van der Waals surface area contributed by atoms with Crippen molar-refractivity contribution in [1.82, 2.24) is 5.32 Å². The minimum atomic E-state index is -1.55. The number of methoxy groups -OCH3 is 2. The number of carbonyl (C=O) groups excluding carboxylic acids is 1. The van der Waals surface area contributed by atoms with Gasteiger partial charge in [-0.3, -0.25) is 4.79 Å². The second-order valence-corrected chi connectivity index (χ2v) is 11.0. The Morgan fingerprint density at radius 2 is 1.49 bits per heavy atom. The summed E-state index contributed by atoms with van der Waals surface area (Å²) >= 11 is 1.67. The first-order valence-electron chi connectivity index (χ1n) is 13.8. The number of aliphatic hydroxyl groups excluding tert-OH is 5. The Morgan fingerprint density at radius 3 is 2.07 bits per heavy atom. The van der Waals surface area contributed by atoms with Crippen molar-refractivity contribution in [3.05, 3.63) is 89.5 Å². The van der Waals surface area contributed by atoms with Gasteiger partial charge in [0.1, 0.15) is 29.8 Å². The molecule has 3 aromatic carbocycles. The van der Waals surface area contributed by atoms with Crippen LogP contribution in [0, 0.1) is 0 Å². The van der Waals surface area contributed by atoms with E-state index in [0.717, 1.165) is 21.4 Å². The van der Waals surface area contributed by atoms with Crippen molar-refractivity contribution in [2.45, 2.75) is 24.4 Å². The second kappa shape index (κ2) is 16.8. The smallest absolute Gasteiger partial charge is 0.335 e. The van der Waals surface area contributed by atoms with Crippen LogP contribution in [0.1, 0.15) is 26.3 Å². The number of aliphatic hydroxyl groups is 5. The molecule has 4 rings (SSSR count). The quantitative estimate of drug-likeness (QED) is 0.0843. The van der Waals surface area contributed by atoms with Gasteiger partial charge in [0.2, 0.25) is 0 Å². The van der Waals surface area contributed by atoms with E-state index in [1.54, 1.807) is 38.7 Å². The first kappa shape index (κ1) is 35.3. The van der Waals surface area contributed by atoms with Crippen LogP contribution in [0.15, 0.2) is 72.8 Å². The molecule has 1 heterocycles. The lowest BCUT2D eigenvalue weighted by Crippen LogP contribution is -2.48. The summed E-state index contributed by atoms with van der Waals surface area (Å²) in [5.74, 6) is -0.00220. The fourth-order valence-electron chi connectivity index (χ4n) is 4.29. The molecule has 11 nitrogen and oxygen atoms in total. The van der Waals surface area contributed by atoms with Gasteiger partial charge in [0, 0.05) is 38.9 Å². The van der Waals surface area contributed by atoms with E-state index in [9.17, 15) is 14.7 Å². The number of carboxylic acid groups (broad SMARTS) is 1. The Kier molecular flexibility index (Phi) is 13.2. The number of hydrogen-bond acceptors (Lipinski definition) is 11. The lowest BCUT2D eigenvalue weighted by molar-refractivity contribution is -0.113. The molecular formula is C33H37NO10S. The van der Waals surface area contributed by atoms with E-state index in [0.29, 0.717) is 17.1 Å². The fourth-order valence-corrected chi connectivity index (χ4v) is 5.38. The minimum Gasteiger partial charge on any atom is -0.496 e. The summed E-state index contributed by atoms with van der Waals surface area (Å²) in [5, 5.41) is 57.6. The van der Waals surface area contributed by atoms with Gasteiger partial charge in [-0.1, -0.05) is 30.3 Å². The van der Waals surface area contributed by atoms with Gasteiger partial charge in [0.15, 0.2) is 5.78 Å². The maximum absolute atomic E-state index is 12.6. The zero-order valence-electron chi connectivity index (χ0n) is 25.0. The van der Waals surface area contributed by atoms with Crippen LogP contribution in [0.2, 0.25) is 0 Å². The Bertz CT molecular complexity index is 1570. The molecular weight excluding hydrogens is 602 g/mol. The van der Waals surface area contributed by atoms with Crippen molar-refractivity contribution in [1.29, 1.82) is 0 Å². The molecule has 0 fully saturated rings. The normalized spacial score (nSPS) is 13.9. The van der Waals surface area contributed by atoms with E-state index < -0.39 is 37.0 Å². The number of benzene rings is 3. The Morgan fingerprint density at radius 1 is 0.867 bits per heavy atom. The molecule has 0 aliphatic carbocycles. The molecule has 7 N–H and O–H groups in total. The number of carboxylic acids is 1. The topological polar surface area (TPSA) is 186 Å². The van der Waals surface area contributed by atoms with Crippen LogP contribution >= 0.6 is 11.3 Å². The van der Waals surface area contributed by atoms with Crippen molar-refractivity contribution in [3.8, 4) is 21.9 Å². The predicted molar refractivity (Wildman–Crippen MR) is 172 cm³/mol. The third-order valence-corrected chi connectivity index (χ3v) is 7.96. The predicted octanol–water partition coefficient (Wildman–Crippen LogP) is 2.82. The SMILES string of the molecule is CNCC(O)C(O)C(O)C(O)CO.COc1cc(OC)c(-c2cc3ccccc3s2)cc1/C=C/C(=O)c1ccc(C(=O)O)cc1. The molecule has 0 saturated heterocycles. The van der Waals surface area contributed by atoms with Crippen molar-refractivity contribution in [3.63, 3.8) is 0 Å². The zero-order valence-corrected chi connectivity index (χ0v) is 25.8. The van der Waals surface area contributed by atoms with E-state index in [4.69, 9.17) is 35.0 Å². The van der Waals surface area contributed by atoms with Crippen molar-refractivity contribution >= 4 is 39.3 Å². The van der Waals surface area contributed by atoms with Gasteiger partial charge in [0.25, 0.3) is 0 Å². The van der Waals surface area contributed by atoms with E-state index in [1.165, 1.54) is 35.0 Å². The lowest BCUT2D eigenvalue weighted by atomic mass is 10.0. The third kappa shape index (κ3) is 9.19. The minimum absolute atomic E-state index is 0.0936. The number of carbonyl (C=O) groups is 2. The molecule has 240 valence electrons. The molecule has 0 aliphatic rings. The van der Waals surface area contributed by atoms with Crippen molar-refractivity contribution in [2.24, 2.45) is 0 Å². The first-order valence-corrected chi connectivity index (χ1v) is 14.6. The van der Waals surface area contributed by atoms with Gasteiger partial charge in [-0.15, -0.1) is 11.3 Å². The fraction of sp³-hybridized carbons (Fsp3) is 0.273. The molecule has 4 atom stereocenters. The number of ether oxygens (including phenoxy) is 2. The van der Waals surface area contributed by atoms with Crippen LogP contribution in [0.5, 0.6) is 11.5 Å². The molecule has 0 bridgehead atoms. The molecule has 0 amide bonds. The van der Waals surface area contributed by atoms with E-state index in [2.05, 4.69) is 23.5 Å². The average molecular weight is 640 g/mol. The summed E-state index contributed by atoms with van der Waals surface area (Å²) in [6.45, 7) is -0.569. The molecule has 0 aliphatic heterocycles. The molecule has 4 aromatic rings. The highest BCUT2D eigenvalue weighted by atomic mass is 32.1. The summed E-state index contributed by atoms with van der Waals surface area (Å²) in [7, 11) is 4.76. The third-order valence-electron chi connectivity index (χ3n) is 6.81. The number of rotatable bonds is 13. The number of nitrogens with one attached hydrogen (secondary N) is 1. The van der Waals surface area contributed by atoms with E-state index in [-0.39, 0.29) is 17.9 Å². The molecule has 0 spiro atoms. The first-order chi connectivity index (χ1) is 21.5. The molecule has 0 saturated carbocycles. The van der Waals surface area contributed by atoms with E-state index in [1.807, 2.05) is 24.3 Å². The summed E-state index contributed by atoms with van der Waals surface area (Å²) in [6, 6.07) is 19.9. The monoisotopic (exact) mass is 639 g/mol. The van der Waals surface area contributed by atoms with Crippen LogP contribution < -0.4 is 14.8 Å². The number of aromatic carboxylic acids is 1. The van der Waals surface area contributed by atoms with Crippen molar-refractivity contribution < 1.29 is 49.7 Å². The highest BCUT2D eigenvalue weighted by molar-refractivity contribution is 7.22. The van der Waals surface area contributed by atoms with Crippen LogP contribution in [0.4, 0.5) is 0 Å². The van der Waals surface area contributed by atoms with Crippen LogP contribution in [0.3, 0.4) is 0 Å². The molecule has 45 heavy (non-hydrogen) atoms. The Hall–Kier alpha value is -4.14. The van der Waals surface area contributed by atoms with Gasteiger partial charge < -0.3 is 45.4 Å². The van der Waals surface area contributed by atoms with Gasteiger partial charge in [-0.05, 0) is 54.9 Å². The standard InChI is InChI=1S/C26H20O5S.C7H17NO5/c1-30-22-15-23(31-2)20(25-14-19-5-3-4-6-24(19)32-25)13-18(22)11-12-21(27)16-7-9-17(10-8-16)26(28)29;1-8-2-4(10)6(12)7(13)5(11)3-9/h3-15H,1-2H3,(H,28,29);4-13H,2-3H2,1H3/b12-11+;. The average Bonchev–Trinajstić information content (AvgIpc) is 3.50. The van der Waals surface area contributed by atoms with Crippen LogP contribution in [0.25, 0.3) is 26.6 Å². The van der Waals surface area contributed by atoms with Gasteiger partial charge in [-0.25, -0.2) is 4.79 Å². The summed E-state index contributed by atoms with van der Waals surface area (Å²) < 4.78 is 12.3. The van der Waals surface area contributed by atoms with Gasteiger partial charge in [-0.2, -0.15) is 0 Å². The number of allylic oxidation sites excluding steroid dienone is 1. The van der Waals surface area contributed by atoms with Gasteiger partial charge in [0.05, 0.1) is 32.5 Å². The highest BCUT2D eigenvalue weighted by Crippen LogP contribution is 2.41. The van der Waals surface area contributed by atoms with E-state index >= 15 is 0 Å². The largest absolute Gasteiger partial charge is 0.496 e. The second-order valence-electron chi connectivity index (χ2n) is 9.88. The van der Waals surface area contributed by atoms with Crippen LogP contribution in [-0.4, -0.2) is 101 Å². The number of fused-ring (bicyclic) bond motifs is 1. The maximum atomic E-state index is 12.6. The summed E-state index contributed by atoms with van der Waals surface area (Å²) in [6.07, 6.45) is -2.50. The summed E-state index contributed by atoms with van der Waals surface area (Å²) in [5.41, 5.74) is 2.18. The number of hydrogen-bond donors (Lipinski definition) is 7. The van der Waals surface area contributed by atoms with Gasteiger partial charge >= 0.3 is 5.97 Å². The Balaban J connectivity index is 0.000000360. The highest BCUT2D eigenvalue weighted by Gasteiger charge is 2.29. The molecule has 0 radical (unpaired) electrons. The van der Waals surface area contributed by atoms with Crippen molar-refractivity contribution in [2.75, 3.05) is 34.4 Å². The molecule has 1 aromatic heterocycles. The summed E-state index contributed by atoms with van der Waals surface area (Å²) in [4.78, 5) is 24.6. The lowest BCUT2D eigenvalue weighted by Gasteiger charge is -2.25. The number of likely N-dealkylation sites (N-methyl/N-ethyl adjacent to an activating group) is 1. The number of ketones is 1. The zero-order chi connectivity index (χ0) is 33.1. The number of thiophene rings is 1. The molecule has 12 heteroatoms. The Labute approximate surface area is 264 Å².